The number of halogens is 1. The highest BCUT2D eigenvalue weighted by Gasteiger charge is 2.24. The van der Waals surface area contributed by atoms with Crippen LogP contribution in [0.25, 0.3) is 0 Å². The van der Waals surface area contributed by atoms with E-state index in [4.69, 9.17) is 11.6 Å². The summed E-state index contributed by atoms with van der Waals surface area (Å²) in [6, 6.07) is 23.3. The molecule has 1 atom stereocenters. The maximum Gasteiger partial charge on any atom is 0.252 e. The maximum absolute atomic E-state index is 13.1. The van der Waals surface area contributed by atoms with Gasteiger partial charge >= 0.3 is 0 Å². The molecule has 0 unspecified atom stereocenters. The van der Waals surface area contributed by atoms with E-state index in [0.29, 0.717) is 6.54 Å². The van der Waals surface area contributed by atoms with Gasteiger partial charge in [0, 0.05) is 20.1 Å². The summed E-state index contributed by atoms with van der Waals surface area (Å²) in [4.78, 5) is 15.0. The molecule has 0 fully saturated rings. The molecule has 0 radical (unpaired) electrons. The van der Waals surface area contributed by atoms with E-state index in [1.165, 1.54) is 29.6 Å². The van der Waals surface area contributed by atoms with Crippen LogP contribution >= 0.6 is 11.6 Å². The average molecular weight is 486 g/mol. The Morgan fingerprint density at radius 2 is 1.55 bits per heavy atom. The molecular formula is C25H28ClN3O3S. The van der Waals surface area contributed by atoms with Gasteiger partial charge in [0.15, 0.2) is 0 Å². The fourth-order valence-electron chi connectivity index (χ4n) is 3.50. The van der Waals surface area contributed by atoms with Crippen LogP contribution in [0.1, 0.15) is 27.5 Å². The van der Waals surface area contributed by atoms with Crippen molar-refractivity contribution in [3.05, 3.63) is 101 Å². The Bertz CT molecular complexity index is 1190. The molecule has 174 valence electrons. The van der Waals surface area contributed by atoms with Gasteiger partial charge in [0.1, 0.15) is 0 Å². The average Bonchev–Trinajstić information content (AvgIpc) is 2.80. The third-order valence-corrected chi connectivity index (χ3v) is 7.53. The highest BCUT2D eigenvalue weighted by molar-refractivity contribution is 7.89. The molecule has 6 nitrogen and oxygen atoms in total. The lowest BCUT2D eigenvalue weighted by atomic mass is 10.1. The number of benzene rings is 3. The van der Waals surface area contributed by atoms with Gasteiger partial charge in [0.05, 0.1) is 21.5 Å². The summed E-state index contributed by atoms with van der Waals surface area (Å²) >= 11 is 6.27. The van der Waals surface area contributed by atoms with Gasteiger partial charge in [-0.15, -0.1) is 0 Å². The Labute approximate surface area is 200 Å². The molecule has 0 saturated heterocycles. The van der Waals surface area contributed by atoms with Crippen molar-refractivity contribution in [2.24, 2.45) is 0 Å². The van der Waals surface area contributed by atoms with E-state index in [1.807, 2.05) is 79.7 Å². The van der Waals surface area contributed by atoms with Crippen molar-refractivity contribution in [1.29, 1.82) is 0 Å². The Morgan fingerprint density at radius 3 is 2.15 bits per heavy atom. The van der Waals surface area contributed by atoms with Crippen molar-refractivity contribution in [3.63, 3.8) is 0 Å². The topological polar surface area (TPSA) is 69.7 Å². The smallest absolute Gasteiger partial charge is 0.252 e. The lowest BCUT2D eigenvalue weighted by molar-refractivity contribution is 0.0942. The summed E-state index contributed by atoms with van der Waals surface area (Å²) in [7, 11) is 1.58. The summed E-state index contributed by atoms with van der Waals surface area (Å²) in [6.45, 7) is 0.561. The molecule has 0 aliphatic rings. The first-order valence-corrected chi connectivity index (χ1v) is 12.3. The zero-order valence-electron chi connectivity index (χ0n) is 18.9. The van der Waals surface area contributed by atoms with Crippen LogP contribution in [0.3, 0.4) is 0 Å². The number of carbonyl (C=O) groups is 1. The van der Waals surface area contributed by atoms with Crippen molar-refractivity contribution < 1.29 is 13.2 Å². The lowest BCUT2D eigenvalue weighted by Crippen LogP contribution is -2.34. The highest BCUT2D eigenvalue weighted by Crippen LogP contribution is 2.24. The number of carbonyl (C=O) groups excluding carboxylic acids is 1. The van der Waals surface area contributed by atoms with Gasteiger partial charge in [-0.2, -0.15) is 4.31 Å². The van der Waals surface area contributed by atoms with Crippen LogP contribution in [-0.4, -0.2) is 51.2 Å². The molecule has 0 heterocycles. The van der Waals surface area contributed by atoms with Crippen LogP contribution < -0.4 is 5.32 Å². The normalized spacial score (nSPS) is 12.7. The van der Waals surface area contributed by atoms with Gasteiger partial charge < -0.3 is 10.2 Å². The van der Waals surface area contributed by atoms with E-state index >= 15 is 0 Å². The molecule has 0 bridgehead atoms. The minimum absolute atomic E-state index is 0.0164. The molecule has 1 amide bonds. The fraction of sp³-hybridized carbons (Fsp3) is 0.240. The molecule has 33 heavy (non-hydrogen) atoms. The van der Waals surface area contributed by atoms with E-state index in [0.717, 1.165) is 11.1 Å². The van der Waals surface area contributed by atoms with Crippen molar-refractivity contribution in [2.75, 3.05) is 27.7 Å². The first-order valence-electron chi connectivity index (χ1n) is 10.5. The van der Waals surface area contributed by atoms with Gasteiger partial charge in [-0.3, -0.25) is 4.79 Å². The molecule has 8 heteroatoms. The molecule has 0 aliphatic heterocycles. The second-order valence-corrected chi connectivity index (χ2v) is 10.4. The second-order valence-electron chi connectivity index (χ2n) is 7.99. The molecule has 3 aromatic carbocycles. The molecular weight excluding hydrogens is 458 g/mol. The van der Waals surface area contributed by atoms with E-state index in [1.54, 1.807) is 0 Å². The van der Waals surface area contributed by atoms with Crippen LogP contribution in [-0.2, 0) is 16.6 Å². The van der Waals surface area contributed by atoms with Crippen molar-refractivity contribution in [1.82, 2.24) is 14.5 Å². The van der Waals surface area contributed by atoms with Crippen molar-refractivity contribution >= 4 is 27.5 Å². The van der Waals surface area contributed by atoms with Crippen molar-refractivity contribution in [3.8, 4) is 0 Å². The molecule has 0 aromatic heterocycles. The number of nitrogens with zero attached hydrogens (tertiary/aromatic N) is 2. The molecule has 3 rings (SSSR count). The predicted molar refractivity (Wildman–Crippen MR) is 132 cm³/mol. The summed E-state index contributed by atoms with van der Waals surface area (Å²) in [6.07, 6.45) is 0. The van der Waals surface area contributed by atoms with E-state index in [-0.39, 0.29) is 28.1 Å². The largest absolute Gasteiger partial charge is 0.350 e. The van der Waals surface area contributed by atoms with Crippen LogP contribution in [0.15, 0.2) is 83.8 Å². The fourth-order valence-corrected chi connectivity index (χ4v) is 4.89. The molecule has 0 aliphatic carbocycles. The zero-order chi connectivity index (χ0) is 24.0. The number of hydrogen-bond acceptors (Lipinski definition) is 4. The minimum Gasteiger partial charge on any atom is -0.350 e. The Hall–Kier alpha value is -2.71. The van der Waals surface area contributed by atoms with Gasteiger partial charge in [0.2, 0.25) is 10.0 Å². The lowest BCUT2D eigenvalue weighted by Gasteiger charge is -2.25. The van der Waals surface area contributed by atoms with Crippen LogP contribution in [0, 0.1) is 0 Å². The summed E-state index contributed by atoms with van der Waals surface area (Å²) in [5.74, 6) is -0.425. The molecule has 3 aromatic rings. The Kier molecular flexibility index (Phi) is 8.26. The first-order chi connectivity index (χ1) is 15.7. The SMILES string of the molecule is CN(C)[C@H](CNC(=O)c1cc(S(=O)(=O)N(C)Cc2ccccc2)ccc1Cl)c1ccccc1. The number of sulfonamides is 1. The third-order valence-electron chi connectivity index (χ3n) is 5.40. The Morgan fingerprint density at radius 1 is 0.939 bits per heavy atom. The van der Waals surface area contributed by atoms with Crippen LogP contribution in [0.5, 0.6) is 0 Å². The summed E-state index contributed by atoms with van der Waals surface area (Å²) in [5.41, 5.74) is 2.05. The maximum atomic E-state index is 13.1. The van der Waals surface area contributed by atoms with Gasteiger partial charge in [0.25, 0.3) is 5.91 Å². The second kappa shape index (κ2) is 10.9. The number of rotatable bonds is 9. The third kappa shape index (κ3) is 6.21. The Balaban J connectivity index is 1.78. The van der Waals surface area contributed by atoms with Gasteiger partial charge in [-0.05, 0) is 43.4 Å². The molecule has 0 spiro atoms. The predicted octanol–water partition coefficient (Wildman–Crippen LogP) is 4.19. The van der Waals surface area contributed by atoms with Gasteiger partial charge in [-0.25, -0.2) is 8.42 Å². The van der Waals surface area contributed by atoms with Crippen LogP contribution in [0.4, 0.5) is 0 Å². The molecule has 1 N–H and O–H groups in total. The van der Waals surface area contributed by atoms with E-state index < -0.39 is 15.9 Å². The first kappa shape index (κ1) is 24.9. The standard InChI is InChI=1S/C25H28ClN3O3S/c1-28(2)24(20-12-8-5-9-13-20)17-27-25(30)22-16-21(14-15-23(22)26)33(31,32)29(3)18-19-10-6-4-7-11-19/h4-16,24H,17-18H2,1-3H3,(H,27,30)/t24-/m1/s1. The zero-order valence-corrected chi connectivity index (χ0v) is 20.5. The monoisotopic (exact) mass is 485 g/mol. The minimum atomic E-state index is -3.81. The van der Waals surface area contributed by atoms with E-state index in [2.05, 4.69) is 5.32 Å². The van der Waals surface area contributed by atoms with Gasteiger partial charge in [-0.1, -0.05) is 72.3 Å². The number of likely N-dealkylation sites (N-methyl/N-ethyl adjacent to an activating group) is 1. The number of hydrogen-bond donors (Lipinski definition) is 1. The van der Waals surface area contributed by atoms with Crippen molar-refractivity contribution in [2.45, 2.75) is 17.5 Å². The highest BCUT2D eigenvalue weighted by atomic mass is 35.5. The summed E-state index contributed by atoms with van der Waals surface area (Å²) < 4.78 is 27.5. The summed E-state index contributed by atoms with van der Waals surface area (Å²) in [5, 5.41) is 3.09. The number of nitrogens with one attached hydrogen (secondary N) is 1. The van der Waals surface area contributed by atoms with Crippen LogP contribution in [0.2, 0.25) is 5.02 Å². The van der Waals surface area contributed by atoms with E-state index in [9.17, 15) is 13.2 Å². The molecule has 0 saturated carbocycles. The quantitative estimate of drug-likeness (QED) is 0.493. The number of amides is 1.